The molecule has 8 heteroatoms. The van der Waals surface area contributed by atoms with Crippen molar-refractivity contribution in [1.29, 1.82) is 0 Å². The average Bonchev–Trinajstić information content (AvgIpc) is 3.15. The molecule has 1 fully saturated rings. The van der Waals surface area contributed by atoms with E-state index >= 15 is 0 Å². The highest BCUT2D eigenvalue weighted by Gasteiger charge is 2.33. The van der Waals surface area contributed by atoms with Gasteiger partial charge in [0.2, 0.25) is 5.89 Å². The van der Waals surface area contributed by atoms with Crippen LogP contribution in [0.5, 0.6) is 0 Å². The van der Waals surface area contributed by atoms with Crippen molar-refractivity contribution in [2.75, 3.05) is 20.3 Å². The minimum absolute atomic E-state index is 0.232. The zero-order valence-electron chi connectivity index (χ0n) is 13.3. The van der Waals surface area contributed by atoms with Crippen LogP contribution in [0.1, 0.15) is 29.7 Å². The maximum atomic E-state index is 13.5. The summed E-state index contributed by atoms with van der Waals surface area (Å²) in [7, 11) is 1.60. The van der Waals surface area contributed by atoms with Gasteiger partial charge in [0.05, 0.1) is 19.3 Å². The molecule has 1 aliphatic rings. The number of halogens is 2. The van der Waals surface area contributed by atoms with Crippen LogP contribution in [0, 0.1) is 11.6 Å². The van der Waals surface area contributed by atoms with Gasteiger partial charge in [0.15, 0.2) is 17.5 Å². The lowest BCUT2D eigenvalue weighted by Gasteiger charge is -2.22. The first kappa shape index (κ1) is 16.9. The third-order valence-electron chi connectivity index (χ3n) is 4.09. The quantitative estimate of drug-likeness (QED) is 0.866. The Labute approximate surface area is 138 Å². The fourth-order valence-electron chi connectivity index (χ4n) is 2.94. The molecule has 0 saturated carbocycles. The fraction of sp³-hybridized carbons (Fsp3) is 0.500. The van der Waals surface area contributed by atoms with Crippen LogP contribution >= 0.6 is 0 Å². The molecule has 2 aromatic rings. The average molecular weight is 339 g/mol. The van der Waals surface area contributed by atoms with E-state index < -0.39 is 17.7 Å². The van der Waals surface area contributed by atoms with Crippen LogP contribution in [-0.2, 0) is 17.7 Å². The minimum atomic E-state index is -0.895. The molecule has 0 unspecified atom stereocenters. The molecule has 2 atom stereocenters. The van der Waals surface area contributed by atoms with Crippen LogP contribution in [0.2, 0.25) is 0 Å². The Morgan fingerprint density at radius 2 is 2.21 bits per heavy atom. The second-order valence-corrected chi connectivity index (χ2v) is 5.86. The SMILES string of the molecule is COCCc1noc(CN2C[C@H](O)C[C@@H]2c2ccc(F)c(F)c2)n1. The van der Waals surface area contributed by atoms with Crippen molar-refractivity contribution in [3.05, 3.63) is 47.1 Å². The number of hydrogen-bond donors (Lipinski definition) is 1. The van der Waals surface area contributed by atoms with E-state index in [0.29, 0.717) is 49.8 Å². The lowest BCUT2D eigenvalue weighted by atomic mass is 10.0. The number of aliphatic hydroxyl groups is 1. The van der Waals surface area contributed by atoms with E-state index in [1.807, 2.05) is 4.90 Å². The number of aliphatic hydroxyl groups excluding tert-OH is 1. The van der Waals surface area contributed by atoms with E-state index in [0.717, 1.165) is 6.07 Å². The predicted octanol–water partition coefficient (Wildman–Crippen LogP) is 1.84. The second-order valence-electron chi connectivity index (χ2n) is 5.86. The monoisotopic (exact) mass is 339 g/mol. The Bertz CT molecular complexity index is 695. The maximum absolute atomic E-state index is 13.5. The van der Waals surface area contributed by atoms with Gasteiger partial charge in [-0.15, -0.1) is 0 Å². The summed E-state index contributed by atoms with van der Waals surface area (Å²) in [5.74, 6) is -0.809. The third kappa shape index (κ3) is 3.77. The highest BCUT2D eigenvalue weighted by molar-refractivity contribution is 5.23. The van der Waals surface area contributed by atoms with Crippen molar-refractivity contribution >= 4 is 0 Å². The van der Waals surface area contributed by atoms with Gasteiger partial charge >= 0.3 is 0 Å². The van der Waals surface area contributed by atoms with Gasteiger partial charge in [-0.2, -0.15) is 4.98 Å². The first-order valence-electron chi connectivity index (χ1n) is 7.74. The van der Waals surface area contributed by atoms with E-state index in [4.69, 9.17) is 9.26 Å². The molecule has 0 bridgehead atoms. The largest absolute Gasteiger partial charge is 0.392 e. The predicted molar refractivity (Wildman–Crippen MR) is 80.0 cm³/mol. The topological polar surface area (TPSA) is 71.6 Å². The Hall–Kier alpha value is -1.90. The van der Waals surface area contributed by atoms with Crippen LogP contribution < -0.4 is 0 Å². The Morgan fingerprint density at radius 3 is 2.96 bits per heavy atom. The van der Waals surface area contributed by atoms with E-state index in [2.05, 4.69) is 10.1 Å². The summed E-state index contributed by atoms with van der Waals surface area (Å²) in [5.41, 5.74) is 0.615. The molecule has 0 aliphatic carbocycles. The molecule has 1 aliphatic heterocycles. The second kappa shape index (κ2) is 7.33. The van der Waals surface area contributed by atoms with E-state index in [-0.39, 0.29) is 6.04 Å². The van der Waals surface area contributed by atoms with E-state index in [9.17, 15) is 13.9 Å². The lowest BCUT2D eigenvalue weighted by Crippen LogP contribution is -2.24. The van der Waals surface area contributed by atoms with Gasteiger partial charge in [0.25, 0.3) is 0 Å². The van der Waals surface area contributed by atoms with Crippen molar-refractivity contribution < 1.29 is 23.1 Å². The van der Waals surface area contributed by atoms with Crippen LogP contribution in [0.3, 0.4) is 0 Å². The molecule has 1 aromatic heterocycles. The number of benzene rings is 1. The Kier molecular flexibility index (Phi) is 5.17. The summed E-state index contributed by atoms with van der Waals surface area (Å²) in [6.45, 7) is 1.24. The van der Waals surface area contributed by atoms with Gasteiger partial charge in [-0.3, -0.25) is 4.90 Å². The molecule has 0 spiro atoms. The number of β-amino-alcohol motifs (C(OH)–C–C–N with tert-alkyl or cyclic N) is 1. The number of ether oxygens (including phenoxy) is 1. The first-order chi connectivity index (χ1) is 11.6. The summed E-state index contributed by atoms with van der Waals surface area (Å²) in [5, 5.41) is 13.8. The molecular weight excluding hydrogens is 320 g/mol. The van der Waals surface area contributed by atoms with Gasteiger partial charge in [-0.05, 0) is 24.1 Å². The van der Waals surface area contributed by atoms with Crippen LogP contribution in [0.25, 0.3) is 0 Å². The smallest absolute Gasteiger partial charge is 0.240 e. The number of rotatable bonds is 6. The van der Waals surface area contributed by atoms with Crippen molar-refractivity contribution in [1.82, 2.24) is 15.0 Å². The molecule has 1 N–H and O–H groups in total. The zero-order valence-corrected chi connectivity index (χ0v) is 13.3. The number of aromatic nitrogens is 2. The van der Waals surface area contributed by atoms with Gasteiger partial charge in [-0.1, -0.05) is 11.2 Å². The molecule has 0 radical (unpaired) electrons. The fourth-order valence-corrected chi connectivity index (χ4v) is 2.94. The van der Waals surface area contributed by atoms with Crippen molar-refractivity contribution in [2.24, 2.45) is 0 Å². The summed E-state index contributed by atoms with van der Waals surface area (Å²) in [4.78, 5) is 6.20. The molecule has 0 amide bonds. The van der Waals surface area contributed by atoms with Gasteiger partial charge in [0.1, 0.15) is 0 Å². The number of methoxy groups -OCH3 is 1. The number of likely N-dealkylation sites (tertiary alicyclic amines) is 1. The van der Waals surface area contributed by atoms with Crippen molar-refractivity contribution in [2.45, 2.75) is 31.5 Å². The molecule has 3 rings (SSSR count). The summed E-state index contributed by atoms with van der Waals surface area (Å²) < 4.78 is 36.8. The summed E-state index contributed by atoms with van der Waals surface area (Å²) >= 11 is 0. The molecule has 130 valence electrons. The van der Waals surface area contributed by atoms with E-state index in [1.54, 1.807) is 7.11 Å². The van der Waals surface area contributed by atoms with Gasteiger partial charge in [0, 0.05) is 26.1 Å². The molecule has 24 heavy (non-hydrogen) atoms. The molecule has 1 aromatic carbocycles. The lowest BCUT2D eigenvalue weighted by molar-refractivity contribution is 0.164. The van der Waals surface area contributed by atoms with Crippen molar-refractivity contribution in [3.63, 3.8) is 0 Å². The van der Waals surface area contributed by atoms with Crippen molar-refractivity contribution in [3.8, 4) is 0 Å². The van der Waals surface area contributed by atoms with Gasteiger partial charge in [-0.25, -0.2) is 8.78 Å². The minimum Gasteiger partial charge on any atom is -0.392 e. The van der Waals surface area contributed by atoms with Gasteiger partial charge < -0.3 is 14.4 Å². The Balaban J connectivity index is 1.73. The highest BCUT2D eigenvalue weighted by atomic mass is 19.2. The summed E-state index contributed by atoms with van der Waals surface area (Å²) in [6.07, 6.45) is 0.448. The standard InChI is InChI=1S/C16H19F2N3O3/c1-23-5-4-15-19-16(24-20-15)9-21-8-11(22)7-14(21)10-2-3-12(17)13(18)6-10/h2-3,6,11,14,22H,4-5,7-9H2,1H3/t11-,14-/m1/s1. The van der Waals surface area contributed by atoms with Crippen LogP contribution in [0.15, 0.2) is 22.7 Å². The maximum Gasteiger partial charge on any atom is 0.240 e. The van der Waals surface area contributed by atoms with E-state index in [1.165, 1.54) is 12.1 Å². The first-order valence-corrected chi connectivity index (χ1v) is 7.74. The zero-order chi connectivity index (χ0) is 17.1. The Morgan fingerprint density at radius 1 is 1.38 bits per heavy atom. The van der Waals surface area contributed by atoms with Crippen LogP contribution in [0.4, 0.5) is 8.78 Å². The third-order valence-corrected chi connectivity index (χ3v) is 4.09. The summed E-state index contributed by atoms with van der Waals surface area (Å²) in [6, 6.07) is 3.57. The number of hydrogen-bond acceptors (Lipinski definition) is 6. The van der Waals surface area contributed by atoms with Crippen LogP contribution in [-0.4, -0.2) is 46.5 Å². The molecular formula is C16H19F2N3O3. The molecule has 1 saturated heterocycles. The normalized spacial score (nSPS) is 21.5. The molecule has 2 heterocycles. The molecule has 6 nitrogen and oxygen atoms in total. The number of nitrogens with zero attached hydrogens (tertiary/aromatic N) is 3. The highest BCUT2D eigenvalue weighted by Crippen LogP contribution is 2.33.